The zero-order valence-corrected chi connectivity index (χ0v) is 5.45. The van der Waals surface area contributed by atoms with E-state index in [1.165, 1.54) is 0 Å². The number of allylic oxidation sites excluding steroid dienone is 1. The molecule has 0 saturated carbocycles. The molecule has 1 aliphatic rings. The van der Waals surface area contributed by atoms with Crippen molar-refractivity contribution in [1.82, 2.24) is 4.57 Å². The van der Waals surface area contributed by atoms with Gasteiger partial charge in [0.25, 0.3) is 5.56 Å². The van der Waals surface area contributed by atoms with E-state index in [0.29, 0.717) is 0 Å². The van der Waals surface area contributed by atoms with Gasteiger partial charge in [-0.05, 0) is 12.1 Å². The van der Waals surface area contributed by atoms with Crippen molar-refractivity contribution in [2.45, 2.75) is 6.54 Å². The van der Waals surface area contributed by atoms with Crippen LogP contribution in [-0.4, -0.2) is 4.57 Å². The maximum absolute atomic E-state index is 11.0. The van der Waals surface area contributed by atoms with Crippen LogP contribution in [0, 0.1) is 0 Å². The molecule has 0 atom stereocenters. The van der Waals surface area contributed by atoms with Crippen LogP contribution in [0.5, 0.6) is 0 Å². The summed E-state index contributed by atoms with van der Waals surface area (Å²) in [6, 6.07) is 5.30. The van der Waals surface area contributed by atoms with E-state index in [1.54, 1.807) is 16.7 Å². The van der Waals surface area contributed by atoms with Crippen molar-refractivity contribution in [3.05, 3.63) is 40.3 Å². The van der Waals surface area contributed by atoms with Crippen molar-refractivity contribution in [2.75, 3.05) is 0 Å². The minimum atomic E-state index is 0.0856. The number of nitrogens with zero attached hydrogens (tertiary/aromatic N) is 1. The van der Waals surface area contributed by atoms with E-state index < -0.39 is 0 Å². The summed E-state index contributed by atoms with van der Waals surface area (Å²) in [5, 5.41) is 0. The summed E-state index contributed by atoms with van der Waals surface area (Å²) in [7, 11) is 0. The van der Waals surface area contributed by atoms with Gasteiger partial charge in [-0.1, -0.05) is 12.1 Å². The molecular formula is C8H7NO. The molecule has 50 valence electrons. The average molecular weight is 133 g/mol. The first-order chi connectivity index (χ1) is 4.88. The Balaban J connectivity index is 2.77. The van der Waals surface area contributed by atoms with Gasteiger partial charge in [-0.25, -0.2) is 0 Å². The third-order valence-electron chi connectivity index (χ3n) is 1.66. The first-order valence-electron chi connectivity index (χ1n) is 3.24. The quantitative estimate of drug-likeness (QED) is 0.514. The Labute approximate surface area is 58.4 Å². The molecule has 2 nitrogen and oxygen atoms in total. The zero-order chi connectivity index (χ0) is 6.97. The molecule has 0 bridgehead atoms. The SMILES string of the molecule is O=c1cccc2n1CC=C2. The fourth-order valence-corrected chi connectivity index (χ4v) is 1.16. The molecular weight excluding hydrogens is 126 g/mol. The van der Waals surface area contributed by atoms with Gasteiger partial charge in [0, 0.05) is 18.3 Å². The molecule has 10 heavy (non-hydrogen) atoms. The smallest absolute Gasteiger partial charge is 0.251 e. The number of hydrogen-bond acceptors (Lipinski definition) is 1. The molecule has 2 rings (SSSR count). The molecule has 0 spiro atoms. The molecule has 1 aromatic rings. The summed E-state index contributed by atoms with van der Waals surface area (Å²) in [5.74, 6) is 0. The van der Waals surface area contributed by atoms with Crippen molar-refractivity contribution in [3.8, 4) is 0 Å². The van der Waals surface area contributed by atoms with Gasteiger partial charge in [-0.15, -0.1) is 0 Å². The summed E-state index contributed by atoms with van der Waals surface area (Å²) < 4.78 is 1.74. The van der Waals surface area contributed by atoms with Crippen molar-refractivity contribution in [3.63, 3.8) is 0 Å². The second-order valence-corrected chi connectivity index (χ2v) is 2.30. The van der Waals surface area contributed by atoms with Crippen LogP contribution in [0.2, 0.25) is 0 Å². The van der Waals surface area contributed by atoms with Crippen LogP contribution in [0.1, 0.15) is 5.69 Å². The molecule has 0 unspecified atom stereocenters. The third kappa shape index (κ3) is 0.620. The standard InChI is InChI=1S/C8H7NO/c10-8-5-1-3-7-4-2-6-9(7)8/h1-5H,6H2. The lowest BCUT2D eigenvalue weighted by Crippen LogP contribution is -2.17. The summed E-state index contributed by atoms with van der Waals surface area (Å²) in [6.07, 6.45) is 3.94. The summed E-state index contributed by atoms with van der Waals surface area (Å²) in [5.41, 5.74) is 1.09. The summed E-state index contributed by atoms with van der Waals surface area (Å²) in [4.78, 5) is 11.0. The highest BCUT2D eigenvalue weighted by Gasteiger charge is 2.02. The maximum atomic E-state index is 11.0. The molecule has 0 N–H and O–H groups in total. The number of rotatable bonds is 0. The first kappa shape index (κ1) is 5.47. The van der Waals surface area contributed by atoms with E-state index in [1.807, 2.05) is 18.2 Å². The van der Waals surface area contributed by atoms with E-state index in [4.69, 9.17) is 0 Å². The second-order valence-electron chi connectivity index (χ2n) is 2.30. The Bertz CT molecular complexity index is 335. The molecule has 0 saturated heterocycles. The largest absolute Gasteiger partial charge is 0.305 e. The molecule has 0 aliphatic carbocycles. The highest BCUT2D eigenvalue weighted by molar-refractivity contribution is 5.48. The second kappa shape index (κ2) is 1.84. The minimum Gasteiger partial charge on any atom is -0.305 e. The molecule has 0 radical (unpaired) electrons. The van der Waals surface area contributed by atoms with Crippen LogP contribution in [0.4, 0.5) is 0 Å². The predicted molar refractivity (Wildman–Crippen MR) is 39.7 cm³/mol. The van der Waals surface area contributed by atoms with Crippen LogP contribution >= 0.6 is 0 Å². The summed E-state index contributed by atoms with van der Waals surface area (Å²) >= 11 is 0. The lowest BCUT2D eigenvalue weighted by molar-refractivity contribution is 0.794. The van der Waals surface area contributed by atoms with Crippen LogP contribution in [-0.2, 0) is 6.54 Å². The molecule has 0 aromatic carbocycles. The average Bonchev–Trinajstić information content (AvgIpc) is 2.36. The third-order valence-corrected chi connectivity index (χ3v) is 1.66. The van der Waals surface area contributed by atoms with Gasteiger partial charge in [-0.2, -0.15) is 0 Å². The lowest BCUT2D eigenvalue weighted by atomic mass is 10.3. The van der Waals surface area contributed by atoms with Crippen molar-refractivity contribution < 1.29 is 0 Å². The van der Waals surface area contributed by atoms with E-state index in [-0.39, 0.29) is 5.56 Å². The van der Waals surface area contributed by atoms with E-state index in [0.717, 1.165) is 12.2 Å². The van der Waals surface area contributed by atoms with Crippen LogP contribution in [0.15, 0.2) is 29.1 Å². The van der Waals surface area contributed by atoms with Crippen molar-refractivity contribution in [2.24, 2.45) is 0 Å². The number of aromatic nitrogens is 1. The van der Waals surface area contributed by atoms with Crippen LogP contribution < -0.4 is 5.56 Å². The van der Waals surface area contributed by atoms with Gasteiger partial charge >= 0.3 is 0 Å². The van der Waals surface area contributed by atoms with Gasteiger partial charge in [-0.3, -0.25) is 4.79 Å². The molecule has 2 heterocycles. The summed E-state index contributed by atoms with van der Waals surface area (Å²) in [6.45, 7) is 0.731. The zero-order valence-electron chi connectivity index (χ0n) is 5.45. The monoisotopic (exact) mass is 133 g/mol. The van der Waals surface area contributed by atoms with Crippen LogP contribution in [0.25, 0.3) is 6.08 Å². The van der Waals surface area contributed by atoms with Gasteiger partial charge in [0.1, 0.15) is 0 Å². The van der Waals surface area contributed by atoms with Gasteiger partial charge in [0.15, 0.2) is 0 Å². The Morgan fingerprint density at radius 2 is 2.30 bits per heavy atom. The topological polar surface area (TPSA) is 22.0 Å². The Kier molecular flexibility index (Phi) is 1.01. The van der Waals surface area contributed by atoms with E-state index in [9.17, 15) is 4.79 Å². The fraction of sp³-hybridized carbons (Fsp3) is 0.125. The first-order valence-corrected chi connectivity index (χ1v) is 3.24. The Morgan fingerprint density at radius 3 is 3.10 bits per heavy atom. The van der Waals surface area contributed by atoms with Crippen molar-refractivity contribution >= 4 is 6.08 Å². The minimum absolute atomic E-state index is 0.0856. The molecule has 1 aromatic heterocycles. The fourth-order valence-electron chi connectivity index (χ4n) is 1.16. The normalized spacial score (nSPS) is 13.6. The molecule has 1 aliphatic heterocycles. The molecule has 2 heteroatoms. The van der Waals surface area contributed by atoms with Crippen LogP contribution in [0.3, 0.4) is 0 Å². The Morgan fingerprint density at radius 1 is 1.40 bits per heavy atom. The van der Waals surface area contributed by atoms with Gasteiger partial charge in [0.2, 0.25) is 0 Å². The molecule has 0 amide bonds. The van der Waals surface area contributed by atoms with Gasteiger partial charge < -0.3 is 4.57 Å². The van der Waals surface area contributed by atoms with Gasteiger partial charge in [0.05, 0.1) is 0 Å². The van der Waals surface area contributed by atoms with Crippen molar-refractivity contribution in [1.29, 1.82) is 0 Å². The number of fused-ring (bicyclic) bond motifs is 1. The Hall–Kier alpha value is -1.31. The van der Waals surface area contributed by atoms with E-state index >= 15 is 0 Å². The predicted octanol–water partition coefficient (Wildman–Crippen LogP) is 0.875. The number of pyridine rings is 1. The highest BCUT2D eigenvalue weighted by atomic mass is 16.1. The maximum Gasteiger partial charge on any atom is 0.251 e. The lowest BCUT2D eigenvalue weighted by Gasteiger charge is -1.98. The molecule has 0 fully saturated rings. The highest BCUT2D eigenvalue weighted by Crippen LogP contribution is 2.05. The number of hydrogen-bond donors (Lipinski definition) is 0. The van der Waals surface area contributed by atoms with E-state index in [2.05, 4.69) is 0 Å².